The number of benzene rings is 2. The molecule has 0 heterocycles. The Hall–Kier alpha value is -2.02. The van der Waals surface area contributed by atoms with Crippen molar-refractivity contribution in [3.05, 3.63) is 72.0 Å². The van der Waals surface area contributed by atoms with E-state index in [1.165, 1.54) is 54.4 Å². The van der Waals surface area contributed by atoms with Gasteiger partial charge >= 0.3 is 0 Å². The Bertz CT molecular complexity index is 686. The zero-order valence-electron chi connectivity index (χ0n) is 16.8. The second-order valence-corrected chi connectivity index (χ2v) is 7.20. The molecule has 0 amide bonds. The third-order valence-corrected chi connectivity index (χ3v) is 4.97. The number of hydrogen-bond donors (Lipinski definition) is 0. The highest BCUT2D eigenvalue weighted by atomic mass is 16.5. The zero-order valence-corrected chi connectivity index (χ0v) is 16.8. The van der Waals surface area contributed by atoms with Crippen LogP contribution in [-0.2, 0) is 11.2 Å². The van der Waals surface area contributed by atoms with Crippen molar-refractivity contribution in [1.82, 2.24) is 0 Å². The quantitative estimate of drug-likeness (QED) is 0.304. The first-order chi connectivity index (χ1) is 12.6. The molecule has 1 unspecified atom stereocenters. The van der Waals surface area contributed by atoms with Gasteiger partial charge in [-0.05, 0) is 56.2 Å². The van der Waals surface area contributed by atoms with Gasteiger partial charge < -0.3 is 4.74 Å². The van der Waals surface area contributed by atoms with Crippen molar-refractivity contribution in [3.63, 3.8) is 0 Å². The highest BCUT2D eigenvalue weighted by Crippen LogP contribution is 2.25. The summed E-state index contributed by atoms with van der Waals surface area (Å²) < 4.78 is 5.65. The average molecular weight is 351 g/mol. The zero-order chi connectivity index (χ0) is 18.8. The predicted octanol–water partition coefficient (Wildman–Crippen LogP) is 7.34. The topological polar surface area (TPSA) is 9.23 Å². The minimum Gasteiger partial charge on any atom is -0.499 e. The Morgan fingerprint density at radius 2 is 1.69 bits per heavy atom. The van der Waals surface area contributed by atoms with Crippen LogP contribution < -0.4 is 0 Å². The lowest BCUT2D eigenvalue weighted by Gasteiger charge is -2.19. The van der Waals surface area contributed by atoms with Gasteiger partial charge in [-0.15, -0.1) is 0 Å². The molecule has 0 saturated carbocycles. The van der Waals surface area contributed by atoms with Crippen LogP contribution in [0.15, 0.2) is 60.9 Å². The van der Waals surface area contributed by atoms with E-state index in [1.807, 2.05) is 6.92 Å². The highest BCUT2D eigenvalue weighted by Gasteiger charge is 2.12. The van der Waals surface area contributed by atoms with Crippen LogP contribution in [0.3, 0.4) is 0 Å². The molecule has 0 aliphatic heterocycles. The van der Waals surface area contributed by atoms with Crippen LogP contribution in [0.4, 0.5) is 0 Å². The predicted molar refractivity (Wildman–Crippen MR) is 113 cm³/mol. The van der Waals surface area contributed by atoms with Crippen molar-refractivity contribution in [1.29, 1.82) is 0 Å². The summed E-state index contributed by atoms with van der Waals surface area (Å²) in [5.74, 6) is 1.49. The van der Waals surface area contributed by atoms with Crippen molar-refractivity contribution in [3.8, 4) is 11.1 Å². The van der Waals surface area contributed by atoms with E-state index in [4.69, 9.17) is 4.74 Å². The lowest BCUT2D eigenvalue weighted by atomic mass is 9.93. The minimum absolute atomic E-state index is 0.513. The van der Waals surface area contributed by atoms with Gasteiger partial charge in [0.05, 0.1) is 12.4 Å². The van der Waals surface area contributed by atoms with Crippen molar-refractivity contribution < 1.29 is 4.74 Å². The van der Waals surface area contributed by atoms with Crippen LogP contribution in [-0.4, -0.2) is 6.61 Å². The summed E-state index contributed by atoms with van der Waals surface area (Å²) in [4.78, 5) is 0. The fourth-order valence-electron chi connectivity index (χ4n) is 3.57. The number of ether oxygens (including phenoxy) is 1. The third-order valence-electron chi connectivity index (χ3n) is 4.97. The second-order valence-electron chi connectivity index (χ2n) is 7.20. The lowest BCUT2D eigenvalue weighted by Crippen LogP contribution is -2.07. The molecule has 0 aliphatic rings. The van der Waals surface area contributed by atoms with E-state index in [-0.39, 0.29) is 0 Å². The molecule has 0 aromatic heterocycles. The molecule has 0 N–H and O–H groups in total. The average Bonchev–Trinajstić information content (AvgIpc) is 2.64. The van der Waals surface area contributed by atoms with Gasteiger partial charge in [0.1, 0.15) is 0 Å². The molecule has 0 spiro atoms. The van der Waals surface area contributed by atoms with E-state index in [1.54, 1.807) is 0 Å². The number of aryl methyl sites for hydroxylation is 2. The first kappa shape index (κ1) is 20.3. The molecule has 26 heavy (non-hydrogen) atoms. The summed E-state index contributed by atoms with van der Waals surface area (Å²) in [7, 11) is 0. The summed E-state index contributed by atoms with van der Waals surface area (Å²) in [5.41, 5.74) is 5.37. The Balaban J connectivity index is 1.87. The fraction of sp³-hybridized carbons (Fsp3) is 0.440. The molecule has 1 nitrogen and oxygen atoms in total. The fourth-order valence-corrected chi connectivity index (χ4v) is 3.57. The van der Waals surface area contributed by atoms with E-state index in [9.17, 15) is 0 Å². The van der Waals surface area contributed by atoms with E-state index in [2.05, 4.69) is 69.0 Å². The number of hydrogen-bond acceptors (Lipinski definition) is 1. The molecule has 2 aromatic rings. The number of unbranched alkanes of at least 4 members (excludes halogenated alkanes) is 1. The van der Waals surface area contributed by atoms with E-state index < -0.39 is 0 Å². The van der Waals surface area contributed by atoms with Crippen molar-refractivity contribution in [2.24, 2.45) is 5.92 Å². The number of rotatable bonds is 11. The van der Waals surface area contributed by atoms with Crippen molar-refractivity contribution in [2.75, 3.05) is 6.61 Å². The highest BCUT2D eigenvalue weighted by molar-refractivity contribution is 5.64. The van der Waals surface area contributed by atoms with Gasteiger partial charge in [-0.3, -0.25) is 0 Å². The largest absolute Gasteiger partial charge is 0.499 e. The second kappa shape index (κ2) is 10.9. The molecule has 0 radical (unpaired) electrons. The maximum absolute atomic E-state index is 5.65. The van der Waals surface area contributed by atoms with Gasteiger partial charge in [0, 0.05) is 5.92 Å². The summed E-state index contributed by atoms with van der Waals surface area (Å²) in [5, 5.41) is 0. The molecule has 0 saturated heterocycles. The SMILES string of the molecule is C=C(OCC)C(CCC)CCCCc1cccc(-c2cccc(C)c2)c1. The summed E-state index contributed by atoms with van der Waals surface area (Å²) in [6, 6.07) is 17.7. The maximum Gasteiger partial charge on any atom is 0.0918 e. The smallest absolute Gasteiger partial charge is 0.0918 e. The van der Waals surface area contributed by atoms with Crippen LogP contribution in [0.25, 0.3) is 11.1 Å². The molecule has 1 heteroatoms. The summed E-state index contributed by atoms with van der Waals surface area (Å²) in [6.07, 6.45) is 7.14. The first-order valence-corrected chi connectivity index (χ1v) is 10.1. The molecule has 0 aliphatic carbocycles. The monoisotopic (exact) mass is 350 g/mol. The lowest BCUT2D eigenvalue weighted by molar-refractivity contribution is 0.182. The third kappa shape index (κ3) is 6.37. The molecular weight excluding hydrogens is 316 g/mol. The standard InChI is InChI=1S/C25H34O/c1-5-11-23(21(4)26-6-2)15-8-7-13-22-14-10-17-25(19-22)24-16-9-12-20(3)18-24/h9-10,12,14,16-19,23H,4-8,11,13,15H2,1-3H3. The molecule has 2 rings (SSSR count). The Kier molecular flexibility index (Phi) is 8.47. The van der Waals surface area contributed by atoms with E-state index >= 15 is 0 Å². The van der Waals surface area contributed by atoms with Crippen molar-refractivity contribution >= 4 is 0 Å². The maximum atomic E-state index is 5.65. The summed E-state index contributed by atoms with van der Waals surface area (Å²) >= 11 is 0. The molecule has 2 aromatic carbocycles. The normalized spacial score (nSPS) is 12.0. The van der Waals surface area contributed by atoms with Gasteiger partial charge in [0.25, 0.3) is 0 Å². The van der Waals surface area contributed by atoms with Crippen LogP contribution >= 0.6 is 0 Å². The molecule has 0 bridgehead atoms. The van der Waals surface area contributed by atoms with Crippen LogP contribution in [0.2, 0.25) is 0 Å². The summed E-state index contributed by atoms with van der Waals surface area (Å²) in [6.45, 7) is 11.3. The number of allylic oxidation sites excluding steroid dienone is 1. The van der Waals surface area contributed by atoms with Crippen molar-refractivity contribution in [2.45, 2.75) is 59.3 Å². The van der Waals surface area contributed by atoms with E-state index in [0.717, 1.165) is 18.8 Å². The van der Waals surface area contributed by atoms with Gasteiger partial charge in [-0.1, -0.05) is 80.4 Å². The van der Waals surface area contributed by atoms with Gasteiger partial charge in [0.2, 0.25) is 0 Å². The van der Waals surface area contributed by atoms with Gasteiger partial charge in [-0.2, -0.15) is 0 Å². The van der Waals surface area contributed by atoms with E-state index in [0.29, 0.717) is 5.92 Å². The molecular formula is C25H34O. The Morgan fingerprint density at radius 3 is 2.38 bits per heavy atom. The van der Waals surface area contributed by atoms with Gasteiger partial charge in [-0.25, -0.2) is 0 Å². The molecule has 1 atom stereocenters. The Morgan fingerprint density at radius 1 is 0.962 bits per heavy atom. The minimum atomic E-state index is 0.513. The molecule has 140 valence electrons. The van der Waals surface area contributed by atoms with Gasteiger partial charge in [0.15, 0.2) is 0 Å². The van der Waals surface area contributed by atoms with Crippen LogP contribution in [0.5, 0.6) is 0 Å². The first-order valence-electron chi connectivity index (χ1n) is 10.1. The van der Waals surface area contributed by atoms with Crippen LogP contribution in [0.1, 0.15) is 57.1 Å². The Labute approximate surface area is 160 Å². The van der Waals surface area contributed by atoms with Crippen LogP contribution in [0, 0.1) is 12.8 Å². The molecule has 0 fully saturated rings.